The number of rotatable bonds is 6. The molecule has 0 aromatic rings. The predicted octanol–water partition coefficient (Wildman–Crippen LogP) is 1.13. The van der Waals surface area contributed by atoms with Gasteiger partial charge in [0.25, 0.3) is 0 Å². The monoisotopic (exact) mass is 217 g/mol. The minimum Gasteiger partial charge on any atom is -0.257 e. The Morgan fingerprint density at radius 3 is 2.73 bits per heavy atom. The van der Waals surface area contributed by atoms with Crippen molar-refractivity contribution in [3.8, 4) is 0 Å². The third kappa shape index (κ3) is 6.95. The summed E-state index contributed by atoms with van der Waals surface area (Å²) in [7, 11) is -2.87. The minimum absolute atomic E-state index is 0.222. The summed E-state index contributed by atoms with van der Waals surface area (Å²) in [6.45, 7) is 2.18. The molecular weight excluding hydrogens is 206 g/mol. The maximum absolute atomic E-state index is 10.7. The van der Waals surface area contributed by atoms with Crippen LogP contribution in [0.2, 0.25) is 0 Å². The van der Waals surface area contributed by atoms with Gasteiger partial charge in [0.15, 0.2) is 0 Å². The van der Waals surface area contributed by atoms with E-state index in [1.807, 2.05) is 11.1 Å². The fraction of sp³-hybridized carbons (Fsp3) is 1.00. The second-order valence-electron chi connectivity index (χ2n) is 1.80. The molecule has 4 nitrogen and oxygen atoms in total. The van der Waals surface area contributed by atoms with Crippen LogP contribution in [0.1, 0.15) is 19.8 Å². The molecule has 0 rings (SSSR count). The Balaban J connectivity index is 3.56. The first-order valence-corrected chi connectivity index (χ1v) is 6.36. The fourth-order valence-electron chi connectivity index (χ4n) is 0.383. The molecule has 0 amide bonds. The smallest absolute Gasteiger partial charge is 0.257 e. The van der Waals surface area contributed by atoms with E-state index in [0.29, 0.717) is 11.0 Å². The van der Waals surface area contributed by atoms with Crippen LogP contribution in [-0.4, -0.2) is 15.0 Å². The number of unbranched alkanes of at least 4 members (excludes halogenated alkanes) is 1. The SMILES string of the molecule is CCCCOS(=O)(=O)NSS. The van der Waals surface area contributed by atoms with E-state index in [1.165, 1.54) is 0 Å². The van der Waals surface area contributed by atoms with Crippen molar-refractivity contribution in [2.24, 2.45) is 0 Å². The van der Waals surface area contributed by atoms with Gasteiger partial charge in [-0.25, -0.2) is 0 Å². The van der Waals surface area contributed by atoms with Crippen LogP contribution >= 0.6 is 22.6 Å². The predicted molar refractivity (Wildman–Crippen MR) is 49.5 cm³/mol. The number of thiol groups is 1. The molecule has 0 radical (unpaired) electrons. The topological polar surface area (TPSA) is 55.4 Å². The summed E-state index contributed by atoms with van der Waals surface area (Å²) in [5, 5.41) is 0. The van der Waals surface area contributed by atoms with Crippen LogP contribution in [0.4, 0.5) is 0 Å². The van der Waals surface area contributed by atoms with Crippen molar-refractivity contribution in [1.29, 1.82) is 0 Å². The number of hydrogen-bond donors (Lipinski definition) is 2. The summed E-state index contributed by atoms with van der Waals surface area (Å²) in [6.07, 6.45) is 1.64. The lowest BCUT2D eigenvalue weighted by molar-refractivity contribution is 0.309. The first-order chi connectivity index (χ1) is 5.12. The summed E-state index contributed by atoms with van der Waals surface area (Å²) in [4.78, 5) is 0. The van der Waals surface area contributed by atoms with Crippen LogP contribution in [0.15, 0.2) is 0 Å². The molecule has 0 aromatic heterocycles. The molecule has 1 N–H and O–H groups in total. The molecule has 0 bridgehead atoms. The van der Waals surface area contributed by atoms with E-state index < -0.39 is 10.3 Å². The molecular formula is C4H11NO3S3. The van der Waals surface area contributed by atoms with E-state index in [4.69, 9.17) is 0 Å². The molecule has 0 unspecified atom stereocenters. The first kappa shape index (κ1) is 11.6. The molecule has 68 valence electrons. The number of nitrogens with one attached hydrogen (secondary N) is 1. The Hall–Kier alpha value is 0.570. The molecule has 11 heavy (non-hydrogen) atoms. The fourth-order valence-corrected chi connectivity index (χ4v) is 2.10. The van der Waals surface area contributed by atoms with Crippen LogP contribution in [0.5, 0.6) is 0 Å². The zero-order valence-electron chi connectivity index (χ0n) is 6.11. The van der Waals surface area contributed by atoms with Gasteiger partial charge in [-0.2, -0.15) is 8.42 Å². The van der Waals surface area contributed by atoms with Gasteiger partial charge in [-0.1, -0.05) is 25.0 Å². The zero-order valence-corrected chi connectivity index (χ0v) is 8.64. The lowest BCUT2D eigenvalue weighted by Crippen LogP contribution is -2.18. The van der Waals surface area contributed by atoms with Crippen molar-refractivity contribution >= 4 is 32.9 Å². The van der Waals surface area contributed by atoms with Gasteiger partial charge in [0.05, 0.1) is 6.61 Å². The Morgan fingerprint density at radius 2 is 2.27 bits per heavy atom. The summed E-state index contributed by atoms with van der Waals surface area (Å²) in [5.41, 5.74) is 0. The highest BCUT2D eigenvalue weighted by Crippen LogP contribution is 2.03. The lowest BCUT2D eigenvalue weighted by atomic mass is 10.4. The number of hydrogen-bond acceptors (Lipinski definition) is 5. The van der Waals surface area contributed by atoms with Crippen molar-refractivity contribution in [2.75, 3.05) is 6.61 Å². The highest BCUT2D eigenvalue weighted by Gasteiger charge is 2.07. The van der Waals surface area contributed by atoms with Gasteiger partial charge in [-0.3, -0.25) is 4.18 Å². The second kappa shape index (κ2) is 6.13. The molecule has 0 saturated carbocycles. The van der Waals surface area contributed by atoms with E-state index >= 15 is 0 Å². The molecule has 0 heterocycles. The van der Waals surface area contributed by atoms with Gasteiger partial charge in [-0.05, 0) is 6.42 Å². The Kier molecular flexibility index (Phi) is 6.44. The van der Waals surface area contributed by atoms with Gasteiger partial charge in [0.1, 0.15) is 0 Å². The summed E-state index contributed by atoms with van der Waals surface area (Å²) in [5.74, 6) is 0. The van der Waals surface area contributed by atoms with Gasteiger partial charge in [0, 0.05) is 11.0 Å². The van der Waals surface area contributed by atoms with E-state index in [0.717, 1.165) is 12.8 Å². The minimum atomic E-state index is -3.57. The largest absolute Gasteiger partial charge is 0.345 e. The zero-order chi connectivity index (χ0) is 8.74. The average molecular weight is 217 g/mol. The van der Waals surface area contributed by atoms with Crippen molar-refractivity contribution in [3.05, 3.63) is 0 Å². The molecule has 0 aliphatic heterocycles. The summed E-state index contributed by atoms with van der Waals surface area (Å²) >= 11 is 3.61. The van der Waals surface area contributed by atoms with Crippen LogP contribution in [0.3, 0.4) is 0 Å². The highest BCUT2D eigenvalue weighted by molar-refractivity contribution is 8.69. The van der Waals surface area contributed by atoms with Gasteiger partial charge < -0.3 is 0 Å². The molecule has 0 aliphatic carbocycles. The van der Waals surface area contributed by atoms with Gasteiger partial charge >= 0.3 is 10.3 Å². The second-order valence-corrected chi connectivity index (χ2v) is 4.35. The maximum atomic E-state index is 10.7. The third-order valence-corrected chi connectivity index (χ3v) is 3.14. The van der Waals surface area contributed by atoms with E-state index in [1.54, 1.807) is 0 Å². The van der Waals surface area contributed by atoms with E-state index in [2.05, 4.69) is 15.8 Å². The Morgan fingerprint density at radius 1 is 1.64 bits per heavy atom. The van der Waals surface area contributed by atoms with Crippen LogP contribution in [0, 0.1) is 0 Å². The van der Waals surface area contributed by atoms with E-state index in [9.17, 15) is 8.42 Å². The molecule has 0 aromatic carbocycles. The molecule has 0 atom stereocenters. The van der Waals surface area contributed by atoms with Crippen molar-refractivity contribution in [1.82, 2.24) is 4.13 Å². The quantitative estimate of drug-likeness (QED) is 0.303. The van der Waals surface area contributed by atoms with Crippen molar-refractivity contribution in [2.45, 2.75) is 19.8 Å². The maximum Gasteiger partial charge on any atom is 0.345 e. The van der Waals surface area contributed by atoms with Crippen LogP contribution < -0.4 is 4.13 Å². The van der Waals surface area contributed by atoms with Gasteiger partial charge in [0.2, 0.25) is 0 Å². The standard InChI is InChI=1S/C4H11NO3S3/c1-2-3-4-8-11(6,7)5-10-9/h5,9H,2-4H2,1H3. The molecule has 0 fully saturated rings. The molecule has 0 aliphatic rings. The normalized spacial score (nSPS) is 11.8. The summed E-state index contributed by atoms with van der Waals surface area (Å²) < 4.78 is 27.9. The highest BCUT2D eigenvalue weighted by atomic mass is 33.1. The van der Waals surface area contributed by atoms with Crippen molar-refractivity contribution in [3.63, 3.8) is 0 Å². The third-order valence-electron chi connectivity index (χ3n) is 0.876. The van der Waals surface area contributed by atoms with Crippen LogP contribution in [0.25, 0.3) is 0 Å². The summed E-state index contributed by atoms with van der Waals surface area (Å²) in [6, 6.07) is 0. The van der Waals surface area contributed by atoms with Gasteiger partial charge in [-0.15, -0.1) is 4.13 Å². The molecule has 0 spiro atoms. The Bertz CT molecular complexity index is 179. The molecule has 0 saturated heterocycles. The Labute approximate surface area is 76.3 Å². The van der Waals surface area contributed by atoms with Crippen molar-refractivity contribution < 1.29 is 12.6 Å². The lowest BCUT2D eigenvalue weighted by Gasteiger charge is -2.02. The van der Waals surface area contributed by atoms with Crippen LogP contribution in [-0.2, 0) is 14.5 Å². The van der Waals surface area contributed by atoms with E-state index in [-0.39, 0.29) is 6.61 Å². The first-order valence-electron chi connectivity index (χ1n) is 3.09. The average Bonchev–Trinajstić information content (AvgIpc) is 1.87. The molecule has 7 heteroatoms.